The van der Waals surface area contributed by atoms with Crippen LogP contribution >= 0.6 is 11.6 Å². The van der Waals surface area contributed by atoms with Crippen LogP contribution in [0.15, 0.2) is 66.9 Å². The van der Waals surface area contributed by atoms with Gasteiger partial charge in [-0.1, -0.05) is 41.9 Å². The van der Waals surface area contributed by atoms with Crippen LogP contribution in [0.4, 0.5) is 15.9 Å². The summed E-state index contributed by atoms with van der Waals surface area (Å²) in [6.45, 7) is 1.85. The Bertz CT molecular complexity index is 1170. The Hall–Kier alpha value is -3.78. The number of pyridine rings is 1. The van der Waals surface area contributed by atoms with Gasteiger partial charge in [0.1, 0.15) is 18.2 Å². The number of amides is 3. The van der Waals surface area contributed by atoms with Crippen molar-refractivity contribution < 1.29 is 18.8 Å². The van der Waals surface area contributed by atoms with Crippen molar-refractivity contribution in [1.29, 1.82) is 0 Å². The Labute approximate surface area is 201 Å². The van der Waals surface area contributed by atoms with Gasteiger partial charge in [-0.3, -0.25) is 14.4 Å². The van der Waals surface area contributed by atoms with E-state index in [1.807, 2.05) is 37.3 Å². The molecule has 0 atom stereocenters. The summed E-state index contributed by atoms with van der Waals surface area (Å²) >= 11 is 5.89. The maximum Gasteiger partial charge on any atom is 0.240 e. The number of nitrogens with one attached hydrogen (secondary N) is 2. The van der Waals surface area contributed by atoms with Gasteiger partial charge in [-0.25, -0.2) is 9.37 Å². The fraction of sp³-hybridized carbons (Fsp3) is 0.200. The molecule has 1 aromatic heterocycles. The van der Waals surface area contributed by atoms with E-state index in [9.17, 15) is 18.8 Å². The van der Waals surface area contributed by atoms with Crippen molar-refractivity contribution in [3.63, 3.8) is 0 Å². The first-order chi connectivity index (χ1) is 16.3. The highest BCUT2D eigenvalue weighted by Gasteiger charge is 2.21. The molecule has 176 valence electrons. The molecule has 2 N–H and O–H groups in total. The number of carbonyl (C=O) groups excluding carboxylic acids is 3. The molecule has 9 heteroatoms. The Morgan fingerprint density at radius 3 is 2.47 bits per heavy atom. The molecule has 7 nitrogen and oxygen atoms in total. The van der Waals surface area contributed by atoms with Crippen molar-refractivity contribution >= 4 is 40.8 Å². The van der Waals surface area contributed by atoms with E-state index in [1.54, 1.807) is 18.3 Å². The molecule has 0 saturated heterocycles. The van der Waals surface area contributed by atoms with Gasteiger partial charge in [0.2, 0.25) is 17.7 Å². The van der Waals surface area contributed by atoms with Crippen LogP contribution in [-0.2, 0) is 20.9 Å². The third-order valence-electron chi connectivity index (χ3n) is 4.90. The Kier molecular flexibility index (Phi) is 8.70. The predicted octanol–water partition coefficient (Wildman–Crippen LogP) is 4.25. The number of carbonyl (C=O) groups is 3. The normalized spacial score (nSPS) is 10.4. The van der Waals surface area contributed by atoms with E-state index in [4.69, 9.17) is 11.6 Å². The third kappa shape index (κ3) is 7.38. The molecular weight excluding hydrogens is 459 g/mol. The first-order valence-corrected chi connectivity index (χ1v) is 11.0. The molecule has 3 aromatic rings. The molecule has 0 spiro atoms. The average Bonchev–Trinajstić information content (AvgIpc) is 2.82. The summed E-state index contributed by atoms with van der Waals surface area (Å²) in [5.41, 5.74) is 2.09. The maximum atomic E-state index is 13.6. The van der Waals surface area contributed by atoms with Gasteiger partial charge in [0.15, 0.2) is 0 Å². The van der Waals surface area contributed by atoms with Gasteiger partial charge in [-0.05, 0) is 48.4 Å². The van der Waals surface area contributed by atoms with Gasteiger partial charge >= 0.3 is 0 Å². The van der Waals surface area contributed by atoms with Gasteiger partial charge in [0, 0.05) is 31.3 Å². The number of rotatable bonds is 9. The minimum Gasteiger partial charge on any atom is -0.350 e. The molecule has 0 unspecified atom stereocenters. The van der Waals surface area contributed by atoms with Crippen LogP contribution in [0, 0.1) is 12.7 Å². The fourth-order valence-electron chi connectivity index (χ4n) is 3.14. The number of hydrogen-bond donors (Lipinski definition) is 2. The summed E-state index contributed by atoms with van der Waals surface area (Å²) in [6.07, 6.45) is 1.29. The zero-order valence-electron chi connectivity index (χ0n) is 18.6. The number of aromatic nitrogens is 1. The molecule has 1 heterocycles. The summed E-state index contributed by atoms with van der Waals surface area (Å²) in [4.78, 5) is 43.1. The van der Waals surface area contributed by atoms with Crippen LogP contribution in [0.2, 0.25) is 5.02 Å². The molecule has 34 heavy (non-hydrogen) atoms. The van der Waals surface area contributed by atoms with E-state index >= 15 is 0 Å². The lowest BCUT2D eigenvalue weighted by atomic mass is 10.2. The molecule has 0 saturated carbocycles. The zero-order chi connectivity index (χ0) is 24.5. The molecule has 0 aliphatic carbocycles. The standard InChI is InChI=1S/C25H24ClFN4O3/c1-17-11-12-28-22(13-17)30-23(32)9-10-25(34)31(19-7-8-21(27)20(26)14-19)16-24(33)29-15-18-5-3-2-4-6-18/h2-8,11-14H,9-10,15-16H2,1H3,(H,29,33)(H,28,30,32). The summed E-state index contributed by atoms with van der Waals surface area (Å²) in [5.74, 6) is -1.54. The SMILES string of the molecule is Cc1ccnc(NC(=O)CCC(=O)N(CC(=O)NCc2ccccc2)c2ccc(F)c(Cl)c2)c1. The van der Waals surface area contributed by atoms with Crippen molar-refractivity contribution in [2.24, 2.45) is 0 Å². The monoisotopic (exact) mass is 482 g/mol. The van der Waals surface area contributed by atoms with Crippen molar-refractivity contribution in [3.8, 4) is 0 Å². The highest BCUT2D eigenvalue weighted by molar-refractivity contribution is 6.31. The molecule has 0 bridgehead atoms. The Balaban J connectivity index is 1.65. The lowest BCUT2D eigenvalue weighted by Gasteiger charge is -2.23. The van der Waals surface area contributed by atoms with Crippen LogP contribution in [-0.4, -0.2) is 29.3 Å². The van der Waals surface area contributed by atoms with E-state index in [2.05, 4.69) is 15.6 Å². The summed E-state index contributed by atoms with van der Waals surface area (Å²) in [5, 5.41) is 5.22. The van der Waals surface area contributed by atoms with Crippen molar-refractivity contribution in [2.45, 2.75) is 26.3 Å². The largest absolute Gasteiger partial charge is 0.350 e. The van der Waals surface area contributed by atoms with Gasteiger partial charge in [0.25, 0.3) is 0 Å². The minimum atomic E-state index is -0.642. The molecule has 0 aliphatic heterocycles. The minimum absolute atomic E-state index is 0.120. The lowest BCUT2D eigenvalue weighted by Crippen LogP contribution is -2.41. The Morgan fingerprint density at radius 1 is 1.00 bits per heavy atom. The van der Waals surface area contributed by atoms with Crippen LogP contribution in [0.3, 0.4) is 0 Å². The first kappa shape index (κ1) is 24.9. The van der Waals surface area contributed by atoms with Crippen LogP contribution < -0.4 is 15.5 Å². The number of halogens is 2. The van der Waals surface area contributed by atoms with E-state index in [0.717, 1.165) is 17.2 Å². The molecular formula is C25H24ClFN4O3. The number of aryl methyl sites for hydroxylation is 1. The predicted molar refractivity (Wildman–Crippen MR) is 129 cm³/mol. The second kappa shape index (κ2) is 11.9. The molecule has 0 radical (unpaired) electrons. The van der Waals surface area contributed by atoms with Crippen molar-refractivity contribution in [3.05, 3.63) is 88.8 Å². The summed E-state index contributed by atoms with van der Waals surface area (Å²) in [7, 11) is 0. The lowest BCUT2D eigenvalue weighted by molar-refractivity contribution is -0.125. The van der Waals surface area contributed by atoms with E-state index in [1.165, 1.54) is 17.0 Å². The van der Waals surface area contributed by atoms with Gasteiger partial charge < -0.3 is 15.5 Å². The quantitative estimate of drug-likeness (QED) is 0.477. The van der Waals surface area contributed by atoms with Crippen LogP contribution in [0.1, 0.15) is 24.0 Å². The fourth-order valence-corrected chi connectivity index (χ4v) is 3.31. The molecule has 0 fully saturated rings. The molecule has 3 rings (SSSR count). The van der Waals surface area contributed by atoms with Crippen molar-refractivity contribution in [1.82, 2.24) is 10.3 Å². The van der Waals surface area contributed by atoms with Gasteiger partial charge in [-0.2, -0.15) is 0 Å². The average molecular weight is 483 g/mol. The van der Waals surface area contributed by atoms with Crippen LogP contribution in [0.5, 0.6) is 0 Å². The smallest absolute Gasteiger partial charge is 0.240 e. The maximum absolute atomic E-state index is 13.6. The van der Waals surface area contributed by atoms with Crippen LogP contribution in [0.25, 0.3) is 0 Å². The van der Waals surface area contributed by atoms with Gasteiger partial charge in [-0.15, -0.1) is 0 Å². The summed E-state index contributed by atoms with van der Waals surface area (Å²) < 4.78 is 13.6. The number of hydrogen-bond acceptors (Lipinski definition) is 4. The number of anilines is 2. The summed E-state index contributed by atoms with van der Waals surface area (Å²) in [6, 6.07) is 16.6. The molecule has 2 aromatic carbocycles. The van der Waals surface area contributed by atoms with E-state index in [-0.39, 0.29) is 36.6 Å². The first-order valence-electron chi connectivity index (χ1n) is 10.6. The van der Waals surface area contributed by atoms with Gasteiger partial charge in [0.05, 0.1) is 5.02 Å². The highest BCUT2D eigenvalue weighted by Crippen LogP contribution is 2.23. The highest BCUT2D eigenvalue weighted by atomic mass is 35.5. The topological polar surface area (TPSA) is 91.4 Å². The molecule has 3 amide bonds. The van der Waals surface area contributed by atoms with E-state index in [0.29, 0.717) is 5.82 Å². The second-order valence-electron chi connectivity index (χ2n) is 7.61. The Morgan fingerprint density at radius 2 is 1.76 bits per heavy atom. The van der Waals surface area contributed by atoms with E-state index < -0.39 is 23.5 Å². The molecule has 0 aliphatic rings. The number of benzene rings is 2. The zero-order valence-corrected chi connectivity index (χ0v) is 19.3. The van der Waals surface area contributed by atoms with Crippen molar-refractivity contribution in [2.75, 3.05) is 16.8 Å². The number of nitrogens with zero attached hydrogens (tertiary/aromatic N) is 2. The second-order valence-corrected chi connectivity index (χ2v) is 8.01. The third-order valence-corrected chi connectivity index (χ3v) is 5.19.